The molecule has 2 heterocycles. The monoisotopic (exact) mass is 723 g/mol. The quantitative estimate of drug-likeness (QED) is 0.0260. The van der Waals surface area contributed by atoms with Crippen molar-refractivity contribution in [1.82, 2.24) is 19.5 Å². The number of hydrogen-bond donors (Lipinski definition) is 2. The zero-order chi connectivity index (χ0) is 35.3. The Labute approximate surface area is 279 Å². The lowest BCUT2D eigenvalue weighted by atomic mass is 10.1. The van der Waals surface area contributed by atoms with Crippen LogP contribution in [0.25, 0.3) is 11.2 Å². The summed E-state index contributed by atoms with van der Waals surface area (Å²) in [6.45, 7) is 6.47. The van der Waals surface area contributed by atoms with Gasteiger partial charge in [0.25, 0.3) is 0 Å². The Morgan fingerprint density at radius 3 is 2.04 bits per heavy atom. The van der Waals surface area contributed by atoms with Crippen molar-refractivity contribution in [3.05, 3.63) is 41.7 Å². The van der Waals surface area contributed by atoms with Gasteiger partial charge >= 0.3 is 7.60 Å². The van der Waals surface area contributed by atoms with E-state index in [0.717, 1.165) is 51.4 Å². The number of fused-ring (bicyclic) bond motifs is 1. The number of unbranched alkanes of at least 4 members (excludes halogenated alkanes) is 8. The van der Waals surface area contributed by atoms with Gasteiger partial charge in [0.05, 0.1) is 33.7 Å². The molecule has 0 saturated heterocycles. The molecule has 3 rings (SSSR count). The van der Waals surface area contributed by atoms with Crippen LogP contribution in [0.3, 0.4) is 0 Å². The number of benzene rings is 1. The number of nitrogen functional groups attached to an aromatic ring is 1. The van der Waals surface area contributed by atoms with Crippen LogP contribution in [0.15, 0.2) is 12.7 Å². The van der Waals surface area contributed by atoms with E-state index >= 15 is 0 Å². The zero-order valence-corrected chi connectivity index (χ0v) is 29.7. The van der Waals surface area contributed by atoms with E-state index in [-0.39, 0.29) is 12.4 Å². The molecule has 0 aliphatic heterocycles. The molecular weight excluding hydrogens is 676 g/mol. The molecule has 270 valence electrons. The van der Waals surface area contributed by atoms with Gasteiger partial charge in [0, 0.05) is 18.4 Å². The average Bonchev–Trinajstić information content (AvgIpc) is 3.45. The maximum atomic E-state index is 14.2. The summed E-state index contributed by atoms with van der Waals surface area (Å²) in [6, 6.07) is 0.448. The number of nitrogens with zero attached hydrogens (tertiary/aromatic N) is 4. The lowest BCUT2D eigenvalue weighted by Gasteiger charge is -2.24. The molecule has 0 spiro atoms. The molecule has 3 N–H and O–H groups in total. The third-order valence-corrected chi connectivity index (χ3v) is 12.6. The number of halogens is 5. The van der Waals surface area contributed by atoms with E-state index in [1.165, 1.54) is 6.33 Å². The number of ether oxygens (including phenoxy) is 2. The summed E-state index contributed by atoms with van der Waals surface area (Å²) in [5, 5.41) is -0.612. The van der Waals surface area contributed by atoms with Crippen LogP contribution in [0.5, 0.6) is 0 Å². The van der Waals surface area contributed by atoms with Crippen LogP contribution in [-0.4, -0.2) is 64.8 Å². The Morgan fingerprint density at radius 1 is 0.833 bits per heavy atom. The lowest BCUT2D eigenvalue weighted by Crippen LogP contribution is -2.47. The predicted molar refractivity (Wildman–Crippen MR) is 176 cm³/mol. The fourth-order valence-corrected chi connectivity index (χ4v) is 9.15. The van der Waals surface area contributed by atoms with Gasteiger partial charge in [0.2, 0.25) is 5.82 Å². The van der Waals surface area contributed by atoms with Crippen molar-refractivity contribution < 1.29 is 45.4 Å². The number of anilines is 1. The van der Waals surface area contributed by atoms with Crippen molar-refractivity contribution in [1.29, 1.82) is 0 Å². The summed E-state index contributed by atoms with van der Waals surface area (Å²) in [5.74, 6) is -8.96. The standard InChI is InChI=1S/C31H47F5N5O5PSi/c1-22(18-41-20-40-28-30(37)38-19-39-31(28)41)45-21-47(42,43)46-16-13-15-44-14-11-9-7-5-4-6-8-10-12-17-48(2,3)29-26(35)24(33)23(32)25(34)27(29)36/h19-20,22H,4-18,21H2,1-3H3,(H,42,43)(H2,37,38,39)/t22-/m1/s1. The van der Waals surface area contributed by atoms with Crippen molar-refractivity contribution in [2.24, 2.45) is 0 Å². The minimum Gasteiger partial charge on any atom is -0.382 e. The minimum atomic E-state index is -3.92. The topological polar surface area (TPSA) is 135 Å². The molecule has 0 radical (unpaired) electrons. The minimum absolute atomic E-state index is 0.0741. The Morgan fingerprint density at radius 2 is 1.40 bits per heavy atom. The Hall–Kier alpha value is -2.49. The maximum absolute atomic E-state index is 14.2. The molecule has 17 heteroatoms. The molecule has 0 bridgehead atoms. The predicted octanol–water partition coefficient (Wildman–Crippen LogP) is 7.20. The number of hydrogen-bond acceptors (Lipinski definition) is 8. The van der Waals surface area contributed by atoms with Gasteiger partial charge in [-0.05, 0) is 19.8 Å². The SMILES string of the molecule is C[C@H](Cn1cnc2c(N)ncnc21)OCP(=O)(O)OCCCOCCCCCCCCCCC[Si](C)(C)c1c(F)c(F)c(F)c(F)c1F. The molecular formula is C31H47F5N5O5PSi. The Bertz CT molecular complexity index is 1490. The maximum Gasteiger partial charge on any atom is 0.353 e. The first-order valence-electron chi connectivity index (χ1n) is 16.3. The molecule has 0 amide bonds. The molecule has 10 nitrogen and oxygen atoms in total. The number of nitrogens with two attached hydrogens (primary N) is 1. The van der Waals surface area contributed by atoms with Gasteiger partial charge in [-0.2, -0.15) is 0 Å². The second kappa shape index (κ2) is 19.0. The van der Waals surface area contributed by atoms with Gasteiger partial charge in [-0.1, -0.05) is 70.5 Å². The normalized spacial score (nSPS) is 14.1. The molecule has 2 atom stereocenters. The van der Waals surface area contributed by atoms with Gasteiger partial charge in [-0.3, -0.25) is 4.57 Å². The zero-order valence-electron chi connectivity index (χ0n) is 27.8. The summed E-state index contributed by atoms with van der Waals surface area (Å²) in [7, 11) is -6.76. The first kappa shape index (κ1) is 39.9. The molecule has 48 heavy (non-hydrogen) atoms. The molecule has 3 aromatic rings. The highest BCUT2D eigenvalue weighted by molar-refractivity contribution is 7.52. The third kappa shape index (κ3) is 11.8. The van der Waals surface area contributed by atoms with Gasteiger partial charge in [0.15, 0.2) is 34.7 Å². The molecule has 0 saturated carbocycles. The highest BCUT2D eigenvalue weighted by atomic mass is 31.2. The Balaban J connectivity index is 1.14. The van der Waals surface area contributed by atoms with E-state index in [2.05, 4.69) is 15.0 Å². The highest BCUT2D eigenvalue weighted by Gasteiger charge is 2.36. The van der Waals surface area contributed by atoms with E-state index in [9.17, 15) is 31.4 Å². The molecule has 2 aromatic heterocycles. The van der Waals surface area contributed by atoms with E-state index in [1.807, 2.05) is 0 Å². The summed E-state index contributed by atoms with van der Waals surface area (Å²) >= 11 is 0. The van der Waals surface area contributed by atoms with Crippen molar-refractivity contribution in [2.75, 3.05) is 31.9 Å². The van der Waals surface area contributed by atoms with E-state index in [1.54, 1.807) is 30.9 Å². The second-order valence-corrected chi connectivity index (χ2v) is 19.2. The largest absolute Gasteiger partial charge is 0.382 e. The van der Waals surface area contributed by atoms with E-state index < -0.39 is 62.4 Å². The molecule has 1 aromatic carbocycles. The first-order valence-corrected chi connectivity index (χ1v) is 21.3. The number of imidazole rings is 1. The van der Waals surface area contributed by atoms with Gasteiger partial charge in [0.1, 0.15) is 18.2 Å². The van der Waals surface area contributed by atoms with Crippen LogP contribution in [-0.2, 0) is 25.1 Å². The van der Waals surface area contributed by atoms with Crippen LogP contribution in [0.1, 0.15) is 71.1 Å². The van der Waals surface area contributed by atoms with Crippen molar-refractivity contribution >= 4 is 37.8 Å². The van der Waals surface area contributed by atoms with Crippen LogP contribution < -0.4 is 10.9 Å². The lowest BCUT2D eigenvalue weighted by molar-refractivity contribution is 0.0688. The van der Waals surface area contributed by atoms with E-state index in [0.29, 0.717) is 49.8 Å². The van der Waals surface area contributed by atoms with Crippen molar-refractivity contribution in [3.63, 3.8) is 0 Å². The molecule has 0 fully saturated rings. The average molecular weight is 724 g/mol. The summed E-state index contributed by atoms with van der Waals surface area (Å²) in [6.07, 6.45) is 11.2. The van der Waals surface area contributed by atoms with Crippen LogP contribution >= 0.6 is 7.60 Å². The first-order chi connectivity index (χ1) is 22.7. The molecule has 0 aliphatic carbocycles. The summed E-state index contributed by atoms with van der Waals surface area (Å²) in [5.41, 5.74) is 6.83. The number of aromatic nitrogens is 4. The second-order valence-electron chi connectivity index (χ2n) is 12.6. The third-order valence-electron chi connectivity index (χ3n) is 8.11. The van der Waals surface area contributed by atoms with Crippen molar-refractivity contribution in [3.8, 4) is 0 Å². The van der Waals surface area contributed by atoms with Gasteiger partial charge in [-0.25, -0.2) is 36.9 Å². The van der Waals surface area contributed by atoms with Gasteiger partial charge < -0.3 is 29.2 Å². The fourth-order valence-electron chi connectivity index (χ4n) is 5.42. The van der Waals surface area contributed by atoms with E-state index in [4.69, 9.17) is 19.7 Å². The van der Waals surface area contributed by atoms with Crippen LogP contribution in [0.4, 0.5) is 27.8 Å². The summed E-state index contributed by atoms with van der Waals surface area (Å²) < 4.78 is 99.4. The summed E-state index contributed by atoms with van der Waals surface area (Å²) in [4.78, 5) is 22.3. The number of rotatable bonds is 23. The van der Waals surface area contributed by atoms with Crippen molar-refractivity contribution in [2.45, 2.75) is 103 Å². The van der Waals surface area contributed by atoms with Crippen LogP contribution in [0, 0.1) is 29.1 Å². The smallest absolute Gasteiger partial charge is 0.353 e. The highest BCUT2D eigenvalue weighted by Crippen LogP contribution is 2.42. The van der Waals surface area contributed by atoms with Gasteiger partial charge in [-0.15, -0.1) is 0 Å². The van der Waals surface area contributed by atoms with Crippen LogP contribution in [0.2, 0.25) is 19.1 Å². The molecule has 0 aliphatic rings. The molecule has 1 unspecified atom stereocenters. The fraction of sp³-hybridized carbons (Fsp3) is 0.645. The Kier molecular flexibility index (Phi) is 15.8.